The number of anilines is 1. The van der Waals surface area contributed by atoms with E-state index in [-0.39, 0.29) is 10.6 Å². The zero-order chi connectivity index (χ0) is 15.7. The Kier molecular flexibility index (Phi) is 3.76. The standard InChI is InChI=1S/C11H5ClF2N4O3/c12-5-2-7(14)6(13)1-4(5)9(19)11-16-3-8(18(20)21)10(15)17-11/h1-3H,(H2,15,16,17). The van der Waals surface area contributed by atoms with Crippen LogP contribution in [-0.2, 0) is 0 Å². The molecule has 0 unspecified atom stereocenters. The van der Waals surface area contributed by atoms with E-state index < -0.39 is 39.7 Å². The van der Waals surface area contributed by atoms with Crippen molar-refractivity contribution in [3.63, 3.8) is 0 Å². The van der Waals surface area contributed by atoms with E-state index in [1.54, 1.807) is 0 Å². The van der Waals surface area contributed by atoms with E-state index in [4.69, 9.17) is 17.3 Å². The van der Waals surface area contributed by atoms with E-state index in [0.717, 1.165) is 6.20 Å². The van der Waals surface area contributed by atoms with Gasteiger partial charge in [-0.15, -0.1) is 0 Å². The van der Waals surface area contributed by atoms with Crippen molar-refractivity contribution in [1.29, 1.82) is 0 Å². The predicted molar refractivity (Wildman–Crippen MR) is 67.9 cm³/mol. The zero-order valence-corrected chi connectivity index (χ0v) is 10.8. The number of rotatable bonds is 3. The molecule has 2 aromatic rings. The van der Waals surface area contributed by atoms with E-state index >= 15 is 0 Å². The Labute approximate surface area is 120 Å². The monoisotopic (exact) mass is 314 g/mol. The maximum atomic E-state index is 13.1. The maximum absolute atomic E-state index is 13.1. The summed E-state index contributed by atoms with van der Waals surface area (Å²) in [6.45, 7) is 0. The highest BCUT2D eigenvalue weighted by Gasteiger charge is 2.22. The number of nitrogens with zero attached hydrogens (tertiary/aromatic N) is 3. The van der Waals surface area contributed by atoms with Gasteiger partial charge in [0.15, 0.2) is 11.6 Å². The molecule has 1 aromatic carbocycles. The molecule has 0 radical (unpaired) electrons. The smallest absolute Gasteiger partial charge is 0.329 e. The second-order valence-electron chi connectivity index (χ2n) is 3.80. The summed E-state index contributed by atoms with van der Waals surface area (Å²) in [6, 6.07) is 1.21. The van der Waals surface area contributed by atoms with Crippen LogP contribution in [0, 0.1) is 21.7 Å². The lowest BCUT2D eigenvalue weighted by molar-refractivity contribution is -0.384. The molecule has 10 heteroatoms. The van der Waals surface area contributed by atoms with Crippen LogP contribution in [0.15, 0.2) is 18.3 Å². The van der Waals surface area contributed by atoms with Crippen LogP contribution in [0.4, 0.5) is 20.3 Å². The van der Waals surface area contributed by atoms with E-state index in [1.165, 1.54) is 0 Å². The number of aromatic nitrogens is 2. The van der Waals surface area contributed by atoms with Gasteiger partial charge in [-0.05, 0) is 12.1 Å². The third-order valence-corrected chi connectivity index (χ3v) is 2.76. The van der Waals surface area contributed by atoms with Crippen molar-refractivity contribution in [3.8, 4) is 0 Å². The van der Waals surface area contributed by atoms with Crippen LogP contribution in [-0.4, -0.2) is 20.7 Å². The van der Waals surface area contributed by atoms with Crippen molar-refractivity contribution >= 4 is 28.9 Å². The molecule has 0 amide bonds. The molecule has 2 rings (SSSR count). The van der Waals surface area contributed by atoms with Crippen molar-refractivity contribution in [3.05, 3.63) is 56.5 Å². The fourth-order valence-electron chi connectivity index (χ4n) is 1.46. The highest BCUT2D eigenvalue weighted by atomic mass is 35.5. The quantitative estimate of drug-likeness (QED) is 0.402. The molecule has 0 saturated heterocycles. The SMILES string of the molecule is Nc1nc(C(=O)c2cc(F)c(F)cc2Cl)ncc1[N+](=O)[O-]. The minimum Gasteiger partial charge on any atom is -0.378 e. The first kappa shape index (κ1) is 14.7. The van der Waals surface area contributed by atoms with E-state index in [2.05, 4.69) is 9.97 Å². The molecule has 0 saturated carbocycles. The molecule has 2 N–H and O–H groups in total. The van der Waals surface area contributed by atoms with E-state index in [0.29, 0.717) is 12.1 Å². The maximum Gasteiger partial charge on any atom is 0.329 e. The van der Waals surface area contributed by atoms with Crippen LogP contribution < -0.4 is 5.73 Å². The van der Waals surface area contributed by atoms with Gasteiger partial charge in [0, 0.05) is 5.56 Å². The number of nitrogens with two attached hydrogens (primary N) is 1. The number of ketones is 1. The predicted octanol–water partition coefficient (Wildman–Crippen LogP) is 2.13. The number of hydrogen-bond acceptors (Lipinski definition) is 6. The normalized spacial score (nSPS) is 10.4. The van der Waals surface area contributed by atoms with E-state index in [1.807, 2.05) is 0 Å². The summed E-state index contributed by atoms with van der Waals surface area (Å²) in [5.74, 6) is -4.50. The largest absolute Gasteiger partial charge is 0.378 e. The van der Waals surface area contributed by atoms with Crippen molar-refractivity contribution in [1.82, 2.24) is 9.97 Å². The number of hydrogen-bond donors (Lipinski definition) is 1. The minimum absolute atomic E-state index is 0.348. The highest BCUT2D eigenvalue weighted by Crippen LogP contribution is 2.23. The van der Waals surface area contributed by atoms with Crippen LogP contribution in [0.3, 0.4) is 0 Å². The molecular weight excluding hydrogens is 310 g/mol. The Bertz CT molecular complexity index is 769. The van der Waals surface area contributed by atoms with Crippen molar-refractivity contribution in [2.24, 2.45) is 0 Å². The number of carbonyl (C=O) groups excluding carboxylic acids is 1. The van der Waals surface area contributed by atoms with Gasteiger partial charge in [0.05, 0.1) is 9.95 Å². The number of halogens is 3. The molecule has 0 aliphatic heterocycles. The van der Waals surface area contributed by atoms with Crippen molar-refractivity contribution < 1.29 is 18.5 Å². The van der Waals surface area contributed by atoms with Gasteiger partial charge in [-0.1, -0.05) is 11.6 Å². The van der Waals surface area contributed by atoms with Gasteiger partial charge < -0.3 is 5.73 Å². The Morgan fingerprint density at radius 2 is 1.95 bits per heavy atom. The summed E-state index contributed by atoms with van der Waals surface area (Å²) >= 11 is 5.65. The van der Waals surface area contributed by atoms with Gasteiger partial charge in [-0.3, -0.25) is 14.9 Å². The zero-order valence-electron chi connectivity index (χ0n) is 10.0. The fraction of sp³-hybridized carbons (Fsp3) is 0. The first-order chi connectivity index (χ1) is 9.81. The van der Waals surface area contributed by atoms with Gasteiger partial charge >= 0.3 is 5.69 Å². The third-order valence-electron chi connectivity index (χ3n) is 2.45. The molecular formula is C11H5ClF2N4O3. The summed E-state index contributed by atoms with van der Waals surface area (Å²) in [5.41, 5.74) is 4.35. The van der Waals surface area contributed by atoms with Crippen LogP contribution in [0.25, 0.3) is 0 Å². The molecule has 7 nitrogen and oxygen atoms in total. The molecule has 0 fully saturated rings. The van der Waals surface area contributed by atoms with Gasteiger partial charge in [-0.2, -0.15) is 0 Å². The molecule has 0 spiro atoms. The first-order valence-electron chi connectivity index (χ1n) is 5.27. The molecule has 0 atom stereocenters. The lowest BCUT2D eigenvalue weighted by Gasteiger charge is -2.04. The van der Waals surface area contributed by atoms with Crippen molar-refractivity contribution in [2.45, 2.75) is 0 Å². The first-order valence-corrected chi connectivity index (χ1v) is 5.65. The molecule has 0 bridgehead atoms. The summed E-state index contributed by atoms with van der Waals surface area (Å²) in [5, 5.41) is 10.2. The highest BCUT2D eigenvalue weighted by molar-refractivity contribution is 6.34. The lowest BCUT2D eigenvalue weighted by atomic mass is 10.1. The van der Waals surface area contributed by atoms with Crippen molar-refractivity contribution in [2.75, 3.05) is 5.73 Å². The summed E-state index contributed by atoms with van der Waals surface area (Å²) in [6.07, 6.45) is 0.739. The number of nitro groups is 1. The van der Waals surface area contributed by atoms with Crippen LogP contribution in [0.5, 0.6) is 0 Å². The molecule has 1 aromatic heterocycles. The summed E-state index contributed by atoms with van der Waals surface area (Å²) in [7, 11) is 0. The minimum atomic E-state index is -1.28. The number of nitrogen functional groups attached to an aromatic ring is 1. The molecule has 21 heavy (non-hydrogen) atoms. The topological polar surface area (TPSA) is 112 Å². The number of benzene rings is 1. The van der Waals surface area contributed by atoms with Crippen LogP contribution in [0.2, 0.25) is 5.02 Å². The van der Waals surface area contributed by atoms with Gasteiger partial charge in [0.25, 0.3) is 0 Å². The average molecular weight is 315 g/mol. The van der Waals surface area contributed by atoms with E-state index in [9.17, 15) is 23.7 Å². The second kappa shape index (κ2) is 5.37. The molecule has 108 valence electrons. The Hall–Kier alpha value is -2.68. The van der Waals surface area contributed by atoms with Gasteiger partial charge in [0.2, 0.25) is 17.4 Å². The summed E-state index contributed by atoms with van der Waals surface area (Å²) < 4.78 is 26.1. The Balaban J connectivity index is 2.48. The van der Waals surface area contributed by atoms with Crippen LogP contribution in [0.1, 0.15) is 16.2 Å². The molecule has 0 aliphatic carbocycles. The lowest BCUT2D eigenvalue weighted by Crippen LogP contribution is -2.11. The Morgan fingerprint density at radius 1 is 1.33 bits per heavy atom. The second-order valence-corrected chi connectivity index (χ2v) is 4.20. The third kappa shape index (κ3) is 2.77. The van der Waals surface area contributed by atoms with Crippen LogP contribution >= 0.6 is 11.6 Å². The van der Waals surface area contributed by atoms with Gasteiger partial charge in [0.1, 0.15) is 6.20 Å². The molecule has 1 heterocycles. The number of carbonyl (C=O) groups is 1. The average Bonchev–Trinajstić information content (AvgIpc) is 2.41. The summed E-state index contributed by atoms with van der Waals surface area (Å²) in [4.78, 5) is 28.7. The molecule has 0 aliphatic rings. The fourth-order valence-corrected chi connectivity index (χ4v) is 1.69. The Morgan fingerprint density at radius 3 is 2.52 bits per heavy atom. The van der Waals surface area contributed by atoms with Gasteiger partial charge in [-0.25, -0.2) is 18.7 Å².